The normalized spacial score (nSPS) is 14.0. The van der Waals surface area contributed by atoms with Crippen LogP contribution in [-0.2, 0) is 144 Å². The summed E-state index contributed by atoms with van der Waals surface area (Å²) in [5.41, 5.74) is 6.48. The molecule has 0 spiro atoms. The molecule has 0 unspecified atom stereocenters. The lowest BCUT2D eigenvalue weighted by molar-refractivity contribution is -0.894. The minimum absolute atomic E-state index is 0.0485. The average molecular weight is 1850 g/mol. The van der Waals surface area contributed by atoms with Crippen LogP contribution in [0.5, 0.6) is 0 Å². The molecule has 740 valence electrons. The standard InChI is InChI=1S/C87H147N3O30S.C6H15N/c1-76-20-22-80-78(74-76)86(2,3)82(89(80)26-15-9-13-19-85(92)93)16-10-7-11-17-83-87(4,5)79-75-77(121(94,95)96)21-23-81(79)90(83)25-14-8-12-18-84(91)88-24-27-98-30-31-100-34-35-102-38-39-104-42-43-106-46-47-108-50-51-110-54-55-112-58-59-114-62-63-116-66-67-118-70-71-120-73-72-119-69-68-117-65-64-115-61-60-113-57-56-111-53-52-109-49-48-107-45-44-105-41-40-103-37-36-101-33-32-99-29-28-97-6;1-4-7(5-2)6-3/h7,10-11,16-17,20-23,74-75H,8-9,12-15,18-19,24-73H2,1-6H3,(H2-,88,91,92,93,94,95,96);4-6H2,1-3H3/p+1. The van der Waals surface area contributed by atoms with E-state index in [9.17, 15) is 22.6 Å². The quantitative estimate of drug-likeness (QED) is 0.0252. The highest BCUT2D eigenvalue weighted by Gasteiger charge is 2.45. The molecule has 0 saturated heterocycles. The van der Waals surface area contributed by atoms with Gasteiger partial charge in [-0.15, -0.1) is 0 Å². The van der Waals surface area contributed by atoms with Gasteiger partial charge in [-0.1, -0.05) is 56.2 Å². The Morgan fingerprint density at radius 3 is 1.08 bits per heavy atom. The number of carboxylic acid groups (broad SMARTS) is 1. The minimum atomic E-state index is -4.67. The first-order valence-corrected chi connectivity index (χ1v) is 47.6. The summed E-state index contributed by atoms with van der Waals surface area (Å²) in [6.45, 7) is 45.2. The molecule has 0 aromatic heterocycles. The van der Waals surface area contributed by atoms with E-state index >= 15 is 0 Å². The molecular weight excluding hydrogens is 1690 g/mol. The monoisotopic (exact) mass is 1850 g/mol. The highest BCUT2D eigenvalue weighted by Crippen LogP contribution is 2.48. The van der Waals surface area contributed by atoms with Crippen molar-refractivity contribution in [2.24, 2.45) is 0 Å². The Morgan fingerprint density at radius 1 is 0.414 bits per heavy atom. The number of quaternary nitrogens is 1. The first-order chi connectivity index (χ1) is 62.4. The SMILES string of the molecule is CC[NH+](CC)CC.COCCOCCOCCOCCOCCOCCOCCOCCOCCOCCOCCOCCOCCOCCOCCOCCOCCOCCOCCOCCOCCOCCOCCOCCNC(=O)CCCCC[N+]1=C(C=CC=CC=C2N(CCCCCC(=O)O)c3ccc(C)cc3C2(C)C)C(C)(C)c2cc(S(=O)(=O)[O-])ccc21. The van der Waals surface area contributed by atoms with Crippen LogP contribution in [0.4, 0.5) is 11.4 Å². The zero-order valence-corrected chi connectivity index (χ0v) is 79.9. The number of allylic oxidation sites excluding steroid dienone is 6. The number of nitrogens with zero attached hydrogens (tertiary/aromatic N) is 2. The van der Waals surface area contributed by atoms with Crippen molar-refractivity contribution in [2.45, 2.75) is 122 Å². The van der Waals surface area contributed by atoms with Crippen LogP contribution in [0.15, 0.2) is 77.4 Å². The third-order valence-corrected chi connectivity index (χ3v) is 21.0. The second-order valence-corrected chi connectivity index (χ2v) is 32.0. The second-order valence-electron chi connectivity index (χ2n) is 30.6. The molecule has 128 heavy (non-hydrogen) atoms. The Morgan fingerprint density at radius 2 is 0.750 bits per heavy atom. The number of methoxy groups -OCH3 is 1. The zero-order chi connectivity index (χ0) is 92.6. The van der Waals surface area contributed by atoms with Crippen LogP contribution in [0, 0.1) is 6.92 Å². The number of carbonyl (C=O) groups excluding carboxylic acids is 1. The molecule has 2 aromatic carbocycles. The number of carbonyl (C=O) groups is 2. The second kappa shape index (κ2) is 80.4. The Balaban J connectivity index is 0.00000577. The maximum Gasteiger partial charge on any atom is 0.303 e. The van der Waals surface area contributed by atoms with E-state index in [0.717, 1.165) is 54.9 Å². The average Bonchev–Trinajstić information content (AvgIpc) is 1.59. The topological polar surface area (TPSA) is 356 Å². The lowest BCUT2D eigenvalue weighted by Gasteiger charge is -2.27. The fraction of sp³-hybridized carbons (Fsp3) is 0.774. The lowest BCUT2D eigenvalue weighted by atomic mass is 9.81. The van der Waals surface area contributed by atoms with E-state index in [4.69, 9.17) is 119 Å². The van der Waals surface area contributed by atoms with E-state index in [1.807, 2.05) is 32.1 Å². The number of unbranched alkanes of at least 4 members (excludes halogenated alkanes) is 4. The first-order valence-electron chi connectivity index (χ1n) is 46.2. The third-order valence-electron chi connectivity index (χ3n) is 20.2. The Hall–Kier alpha value is -5.02. The molecule has 2 heterocycles. The molecule has 34 nitrogen and oxygen atoms in total. The summed E-state index contributed by atoms with van der Waals surface area (Å²) in [5, 5.41) is 12.1. The van der Waals surface area contributed by atoms with E-state index in [-0.39, 0.29) is 22.6 Å². The van der Waals surface area contributed by atoms with Crippen molar-refractivity contribution in [3.05, 3.63) is 89.2 Å². The number of hydrogen-bond donors (Lipinski definition) is 3. The molecule has 35 heteroatoms. The molecule has 0 fully saturated rings. The van der Waals surface area contributed by atoms with Crippen molar-refractivity contribution in [1.29, 1.82) is 0 Å². The summed E-state index contributed by atoms with van der Waals surface area (Å²) in [4.78, 5) is 27.6. The maximum atomic E-state index is 12.7. The lowest BCUT2D eigenvalue weighted by Crippen LogP contribution is -3.11. The summed E-state index contributed by atoms with van der Waals surface area (Å²) in [5.74, 6) is -0.822. The predicted molar refractivity (Wildman–Crippen MR) is 486 cm³/mol. The molecule has 1 amide bonds. The summed E-state index contributed by atoms with van der Waals surface area (Å²) < 4.78 is 171. The summed E-state index contributed by atoms with van der Waals surface area (Å²) in [7, 11) is -3.03. The smallest absolute Gasteiger partial charge is 0.303 e. The van der Waals surface area contributed by atoms with Gasteiger partial charge in [-0.25, -0.2) is 8.42 Å². The van der Waals surface area contributed by atoms with Gasteiger partial charge in [-0.05, 0) is 97.1 Å². The van der Waals surface area contributed by atoms with Crippen LogP contribution in [0.1, 0.15) is 117 Å². The fourth-order valence-electron chi connectivity index (χ4n) is 13.1. The predicted octanol–water partition coefficient (Wildman–Crippen LogP) is 7.35. The first kappa shape index (κ1) is 117. The number of ether oxygens (including phenoxy) is 24. The summed E-state index contributed by atoms with van der Waals surface area (Å²) in [6.07, 6.45) is 15.3. The van der Waals surface area contributed by atoms with E-state index in [1.165, 1.54) is 48.6 Å². The minimum Gasteiger partial charge on any atom is -0.744 e. The number of nitrogens with one attached hydrogen (secondary N) is 2. The van der Waals surface area contributed by atoms with Crippen molar-refractivity contribution < 1.29 is 151 Å². The summed E-state index contributed by atoms with van der Waals surface area (Å²) in [6, 6.07) is 11.2. The van der Waals surface area contributed by atoms with Gasteiger partial charge >= 0.3 is 5.97 Å². The van der Waals surface area contributed by atoms with Crippen molar-refractivity contribution in [1.82, 2.24) is 5.32 Å². The number of anilines is 1. The zero-order valence-electron chi connectivity index (χ0n) is 79.1. The van der Waals surface area contributed by atoms with Gasteiger partial charge in [0.1, 0.15) is 16.7 Å². The third kappa shape index (κ3) is 59.6. The van der Waals surface area contributed by atoms with Crippen LogP contribution in [0.3, 0.4) is 0 Å². The molecular formula is C93H163N4O30S+. The number of benzene rings is 2. The number of fused-ring (bicyclic) bond motifs is 2. The molecule has 0 atom stereocenters. The van der Waals surface area contributed by atoms with Gasteiger partial charge in [-0.2, -0.15) is 4.58 Å². The highest BCUT2D eigenvalue weighted by molar-refractivity contribution is 7.85. The van der Waals surface area contributed by atoms with E-state index < -0.39 is 21.5 Å². The number of aryl methyl sites for hydroxylation is 1. The van der Waals surface area contributed by atoms with E-state index in [1.54, 1.807) is 18.1 Å². The Labute approximate surface area is 765 Å². The fourth-order valence-corrected chi connectivity index (χ4v) is 13.6. The molecule has 0 radical (unpaired) electrons. The number of carboxylic acids is 1. The molecule has 0 aliphatic carbocycles. The van der Waals surface area contributed by atoms with Gasteiger partial charge in [0.15, 0.2) is 5.71 Å². The molecule has 4 rings (SSSR count). The van der Waals surface area contributed by atoms with Gasteiger partial charge in [-0.3, -0.25) is 9.59 Å². The molecule has 2 aliphatic heterocycles. The van der Waals surface area contributed by atoms with Crippen LogP contribution in [0.2, 0.25) is 0 Å². The van der Waals surface area contributed by atoms with Gasteiger partial charge < -0.3 is 138 Å². The number of rotatable bonds is 91. The number of amides is 1. The van der Waals surface area contributed by atoms with Crippen molar-refractivity contribution in [2.75, 3.05) is 362 Å². The van der Waals surface area contributed by atoms with Crippen LogP contribution in [0.25, 0.3) is 0 Å². The Bertz CT molecular complexity index is 3250. The number of hydrogen-bond acceptors (Lipinski definition) is 30. The van der Waals surface area contributed by atoms with Crippen LogP contribution < -0.4 is 15.1 Å². The molecule has 0 bridgehead atoms. The number of aliphatic carboxylic acids is 1. The van der Waals surface area contributed by atoms with Crippen LogP contribution in [-0.4, -0.2) is 397 Å². The molecule has 0 saturated carbocycles. The molecule has 2 aromatic rings. The molecule has 2 aliphatic rings. The maximum absolute atomic E-state index is 12.7. The van der Waals surface area contributed by atoms with Crippen molar-refractivity contribution in [3.63, 3.8) is 0 Å². The van der Waals surface area contributed by atoms with Crippen molar-refractivity contribution >= 4 is 39.1 Å². The van der Waals surface area contributed by atoms with Crippen molar-refractivity contribution in [3.8, 4) is 0 Å². The van der Waals surface area contributed by atoms with Gasteiger partial charge in [0.25, 0.3) is 0 Å². The van der Waals surface area contributed by atoms with E-state index in [0.29, 0.717) is 343 Å². The van der Waals surface area contributed by atoms with Gasteiger partial charge in [0.2, 0.25) is 11.6 Å². The summed E-state index contributed by atoms with van der Waals surface area (Å²) >= 11 is 0. The van der Waals surface area contributed by atoms with Gasteiger partial charge in [0, 0.05) is 74.0 Å². The largest absolute Gasteiger partial charge is 0.744 e. The van der Waals surface area contributed by atoms with Gasteiger partial charge in [0.05, 0.1) is 340 Å². The highest BCUT2D eigenvalue weighted by atomic mass is 32.2. The molecule has 3 N–H and O–H groups in total. The Kier molecular flexibility index (Phi) is 73.6. The van der Waals surface area contributed by atoms with E-state index in [2.05, 4.69) is 86.7 Å². The van der Waals surface area contributed by atoms with Crippen LogP contribution >= 0.6 is 0 Å².